The normalized spacial score (nSPS) is 10.3. The molecule has 2 aromatic rings. The molecular formula is C14H12ClFN2O2. The Balaban J connectivity index is 2.21. The van der Waals surface area contributed by atoms with Crippen LogP contribution in [0.5, 0.6) is 0 Å². The number of halogens is 2. The Morgan fingerprint density at radius 1 is 1.35 bits per heavy atom. The summed E-state index contributed by atoms with van der Waals surface area (Å²) in [6, 6.07) is 9.44. The Bertz CT molecular complexity index is 662. The molecule has 2 aromatic carbocycles. The first-order valence-corrected chi connectivity index (χ1v) is 6.28. The van der Waals surface area contributed by atoms with Crippen molar-refractivity contribution < 1.29 is 9.31 Å². The highest BCUT2D eigenvalue weighted by Crippen LogP contribution is 2.23. The van der Waals surface area contributed by atoms with Gasteiger partial charge in [0.2, 0.25) is 5.82 Å². The van der Waals surface area contributed by atoms with Crippen LogP contribution in [0.4, 0.5) is 15.8 Å². The van der Waals surface area contributed by atoms with E-state index in [2.05, 4.69) is 5.32 Å². The van der Waals surface area contributed by atoms with Gasteiger partial charge >= 0.3 is 5.69 Å². The van der Waals surface area contributed by atoms with Crippen molar-refractivity contribution in [2.45, 2.75) is 13.5 Å². The van der Waals surface area contributed by atoms with Gasteiger partial charge in [0.05, 0.1) is 4.92 Å². The summed E-state index contributed by atoms with van der Waals surface area (Å²) in [6.07, 6.45) is 0. The number of aryl methyl sites for hydroxylation is 1. The molecule has 2 rings (SSSR count). The summed E-state index contributed by atoms with van der Waals surface area (Å²) in [4.78, 5) is 9.94. The number of rotatable bonds is 4. The van der Waals surface area contributed by atoms with E-state index in [1.165, 1.54) is 12.1 Å². The lowest BCUT2D eigenvalue weighted by Gasteiger charge is -2.10. The van der Waals surface area contributed by atoms with E-state index in [1.54, 1.807) is 12.1 Å². The maximum Gasteiger partial charge on any atom is 0.305 e. The Kier molecular flexibility index (Phi) is 4.20. The standard InChI is InChI=1S/C14H12ClFN2O2/c1-9-5-6-11(15)7-12(9)17-8-10-3-2-4-13(14(10)16)18(19)20/h2-7,17H,8H2,1H3. The van der Waals surface area contributed by atoms with Gasteiger partial charge in [0.25, 0.3) is 0 Å². The maximum absolute atomic E-state index is 13.9. The first kappa shape index (κ1) is 14.3. The number of hydrogen-bond acceptors (Lipinski definition) is 3. The third kappa shape index (κ3) is 3.05. The number of nitro benzene ring substituents is 1. The van der Waals surface area contributed by atoms with Crippen molar-refractivity contribution >= 4 is 23.0 Å². The lowest BCUT2D eigenvalue weighted by molar-refractivity contribution is -0.387. The van der Waals surface area contributed by atoms with E-state index in [0.29, 0.717) is 5.02 Å². The zero-order valence-electron chi connectivity index (χ0n) is 10.7. The van der Waals surface area contributed by atoms with Gasteiger partial charge in [-0.15, -0.1) is 0 Å². The minimum Gasteiger partial charge on any atom is -0.381 e. The van der Waals surface area contributed by atoms with Gasteiger partial charge in [0.15, 0.2) is 0 Å². The van der Waals surface area contributed by atoms with E-state index < -0.39 is 16.4 Å². The van der Waals surface area contributed by atoms with Crippen LogP contribution in [-0.2, 0) is 6.54 Å². The van der Waals surface area contributed by atoms with Crippen molar-refractivity contribution in [3.63, 3.8) is 0 Å². The first-order valence-electron chi connectivity index (χ1n) is 5.91. The molecule has 6 heteroatoms. The maximum atomic E-state index is 13.9. The fourth-order valence-corrected chi connectivity index (χ4v) is 1.99. The van der Waals surface area contributed by atoms with E-state index in [1.807, 2.05) is 13.0 Å². The van der Waals surface area contributed by atoms with Gasteiger partial charge in [0, 0.05) is 28.9 Å². The molecule has 0 aliphatic rings. The van der Waals surface area contributed by atoms with Crippen LogP contribution in [-0.4, -0.2) is 4.92 Å². The number of hydrogen-bond donors (Lipinski definition) is 1. The second-order valence-corrected chi connectivity index (χ2v) is 4.76. The lowest BCUT2D eigenvalue weighted by Crippen LogP contribution is -2.05. The van der Waals surface area contributed by atoms with Crippen molar-refractivity contribution in [2.75, 3.05) is 5.32 Å². The van der Waals surface area contributed by atoms with Crippen molar-refractivity contribution in [3.05, 3.63) is 68.5 Å². The minimum absolute atomic E-state index is 0.148. The van der Waals surface area contributed by atoms with E-state index >= 15 is 0 Å². The highest BCUT2D eigenvalue weighted by atomic mass is 35.5. The zero-order valence-corrected chi connectivity index (χ0v) is 11.4. The molecule has 104 valence electrons. The van der Waals surface area contributed by atoms with E-state index in [4.69, 9.17) is 11.6 Å². The summed E-state index contributed by atoms with van der Waals surface area (Å²) >= 11 is 5.89. The Hall–Kier alpha value is -2.14. The average Bonchev–Trinajstić information content (AvgIpc) is 2.41. The van der Waals surface area contributed by atoms with Crippen LogP contribution in [0.15, 0.2) is 36.4 Å². The molecule has 0 aliphatic heterocycles. The average molecular weight is 295 g/mol. The number of anilines is 1. The van der Waals surface area contributed by atoms with Crippen LogP contribution < -0.4 is 5.32 Å². The molecular weight excluding hydrogens is 283 g/mol. The van der Waals surface area contributed by atoms with Crippen molar-refractivity contribution in [2.24, 2.45) is 0 Å². The van der Waals surface area contributed by atoms with Crippen molar-refractivity contribution in [3.8, 4) is 0 Å². The third-order valence-corrected chi connectivity index (χ3v) is 3.16. The molecule has 1 N–H and O–H groups in total. The van der Waals surface area contributed by atoms with Crippen LogP contribution in [0.3, 0.4) is 0 Å². The molecule has 0 amide bonds. The Morgan fingerprint density at radius 2 is 2.10 bits per heavy atom. The van der Waals surface area contributed by atoms with Gasteiger partial charge in [0.1, 0.15) is 0 Å². The molecule has 0 unspecified atom stereocenters. The Labute approximate surface area is 120 Å². The molecule has 0 saturated heterocycles. The number of nitrogens with zero attached hydrogens (tertiary/aromatic N) is 1. The third-order valence-electron chi connectivity index (χ3n) is 2.92. The zero-order chi connectivity index (χ0) is 14.7. The summed E-state index contributed by atoms with van der Waals surface area (Å²) in [6.45, 7) is 2.04. The molecule has 0 aliphatic carbocycles. The van der Waals surface area contributed by atoms with E-state index in [0.717, 1.165) is 17.3 Å². The number of nitro groups is 1. The van der Waals surface area contributed by atoms with Crippen LogP contribution in [0.2, 0.25) is 5.02 Å². The van der Waals surface area contributed by atoms with Crippen LogP contribution in [0.25, 0.3) is 0 Å². The molecule has 0 radical (unpaired) electrons. The predicted molar refractivity (Wildman–Crippen MR) is 76.6 cm³/mol. The van der Waals surface area contributed by atoms with Crippen molar-refractivity contribution in [1.82, 2.24) is 0 Å². The van der Waals surface area contributed by atoms with E-state index in [9.17, 15) is 14.5 Å². The molecule has 4 nitrogen and oxygen atoms in total. The molecule has 0 saturated carbocycles. The fraction of sp³-hybridized carbons (Fsp3) is 0.143. The quantitative estimate of drug-likeness (QED) is 0.675. The first-order chi connectivity index (χ1) is 9.49. The van der Waals surface area contributed by atoms with Crippen LogP contribution in [0, 0.1) is 22.9 Å². The van der Waals surface area contributed by atoms with Gasteiger partial charge in [-0.25, -0.2) is 0 Å². The topological polar surface area (TPSA) is 55.2 Å². The summed E-state index contributed by atoms with van der Waals surface area (Å²) < 4.78 is 13.9. The van der Waals surface area contributed by atoms with Crippen molar-refractivity contribution in [1.29, 1.82) is 0 Å². The lowest BCUT2D eigenvalue weighted by atomic mass is 10.1. The number of benzene rings is 2. The van der Waals surface area contributed by atoms with Gasteiger partial charge in [-0.3, -0.25) is 10.1 Å². The smallest absolute Gasteiger partial charge is 0.305 e. The summed E-state index contributed by atoms with van der Waals surface area (Å²) in [7, 11) is 0. The predicted octanol–water partition coefficient (Wildman–Crippen LogP) is 4.31. The second-order valence-electron chi connectivity index (χ2n) is 4.32. The summed E-state index contributed by atoms with van der Waals surface area (Å²) in [5.41, 5.74) is 1.44. The van der Waals surface area contributed by atoms with Gasteiger partial charge in [-0.05, 0) is 24.6 Å². The number of nitrogens with one attached hydrogen (secondary N) is 1. The molecule has 20 heavy (non-hydrogen) atoms. The van der Waals surface area contributed by atoms with Crippen LogP contribution >= 0.6 is 11.6 Å². The summed E-state index contributed by atoms with van der Waals surface area (Å²) in [5, 5.41) is 14.3. The van der Waals surface area contributed by atoms with E-state index in [-0.39, 0.29) is 12.1 Å². The minimum atomic E-state index is -0.815. The highest BCUT2D eigenvalue weighted by molar-refractivity contribution is 6.30. The Morgan fingerprint density at radius 3 is 2.80 bits per heavy atom. The van der Waals surface area contributed by atoms with Gasteiger partial charge in [-0.2, -0.15) is 4.39 Å². The van der Waals surface area contributed by atoms with Gasteiger partial charge in [-0.1, -0.05) is 29.8 Å². The molecule has 0 bridgehead atoms. The molecule has 0 heterocycles. The molecule has 0 fully saturated rings. The molecule has 0 spiro atoms. The molecule has 0 atom stereocenters. The SMILES string of the molecule is Cc1ccc(Cl)cc1NCc1cccc([N+](=O)[O-])c1F. The van der Waals surface area contributed by atoms with Gasteiger partial charge < -0.3 is 5.32 Å². The van der Waals surface area contributed by atoms with Crippen LogP contribution in [0.1, 0.15) is 11.1 Å². The highest BCUT2D eigenvalue weighted by Gasteiger charge is 2.16. The second kappa shape index (κ2) is 5.88. The fourth-order valence-electron chi connectivity index (χ4n) is 1.82. The summed E-state index contributed by atoms with van der Waals surface area (Å²) in [5.74, 6) is -0.815. The monoisotopic (exact) mass is 294 g/mol. The largest absolute Gasteiger partial charge is 0.381 e. The molecule has 0 aromatic heterocycles.